The standard InChI is InChI=1S/C48H100N.C28H44/c1-5-9-13-17-21-25-29-33-37-41-45-49(46-42-38-34-30-26-22-18-14-10-6-2,47-43-39-35-31-27-23-19-15-11-7-3)48-44-40-36-32-28-24-20-16-12-8-4;1-3-5-7-9-11-13-15-19-25-23-24-26-20-17-18-22-28(26)27(25)21-16-14-12-10-8-6-4-2/h5-48H2,1-4H3;17-18,20,22-24H,3-16,19,21H2,1-2H3/q+1;. The molecule has 0 atom stereocenters. The van der Waals surface area contributed by atoms with Crippen LogP contribution in [0.25, 0.3) is 10.8 Å². The third kappa shape index (κ3) is 45.9. The highest BCUT2D eigenvalue weighted by Crippen LogP contribution is 2.27. The van der Waals surface area contributed by atoms with Crippen LogP contribution in [0.5, 0.6) is 0 Å². The van der Waals surface area contributed by atoms with Crippen LogP contribution in [0.1, 0.15) is 399 Å². The molecule has 452 valence electrons. The average Bonchev–Trinajstić information content (AvgIpc) is 3.45. The molecule has 1 heteroatoms. The third-order valence-corrected chi connectivity index (χ3v) is 18.2. The van der Waals surface area contributed by atoms with Crippen LogP contribution in [-0.2, 0) is 12.8 Å². The topological polar surface area (TPSA) is 0 Å². The molecule has 0 amide bonds. The molecule has 0 aliphatic carbocycles. The van der Waals surface area contributed by atoms with Gasteiger partial charge in [0.15, 0.2) is 0 Å². The summed E-state index contributed by atoms with van der Waals surface area (Å²) in [5.41, 5.74) is 3.27. The van der Waals surface area contributed by atoms with Gasteiger partial charge in [-0.15, -0.1) is 0 Å². The predicted molar refractivity (Wildman–Crippen MR) is 354 cm³/mol. The maximum absolute atomic E-state index is 2.43. The van der Waals surface area contributed by atoms with E-state index in [-0.39, 0.29) is 0 Å². The Morgan fingerprint density at radius 3 is 0.740 bits per heavy atom. The van der Waals surface area contributed by atoms with Gasteiger partial charge < -0.3 is 4.48 Å². The highest BCUT2D eigenvalue weighted by molar-refractivity contribution is 5.86. The minimum atomic E-state index is 1.26. The van der Waals surface area contributed by atoms with Gasteiger partial charge in [-0.3, -0.25) is 0 Å². The maximum Gasteiger partial charge on any atom is 0.0786 e. The number of benzene rings is 2. The molecule has 2 rings (SSSR count). The zero-order valence-corrected chi connectivity index (χ0v) is 54.3. The Labute approximate surface area is 487 Å². The first-order valence-electron chi connectivity index (χ1n) is 36.5. The van der Waals surface area contributed by atoms with Crippen LogP contribution < -0.4 is 0 Å². The van der Waals surface area contributed by atoms with E-state index in [4.69, 9.17) is 0 Å². The van der Waals surface area contributed by atoms with Crippen LogP contribution in [0.3, 0.4) is 0 Å². The van der Waals surface area contributed by atoms with Crippen molar-refractivity contribution in [3.63, 3.8) is 0 Å². The minimum absolute atomic E-state index is 1.26. The van der Waals surface area contributed by atoms with Crippen molar-refractivity contribution in [2.45, 2.75) is 401 Å². The fraction of sp³-hybridized carbons (Fsp3) is 0.868. The van der Waals surface area contributed by atoms with Crippen LogP contribution >= 0.6 is 0 Å². The molecule has 0 fully saturated rings. The van der Waals surface area contributed by atoms with Crippen molar-refractivity contribution < 1.29 is 4.48 Å². The van der Waals surface area contributed by atoms with E-state index < -0.39 is 0 Å². The third-order valence-electron chi connectivity index (χ3n) is 18.2. The summed E-state index contributed by atoms with van der Waals surface area (Å²) in [5, 5.41) is 2.93. The Balaban J connectivity index is 0.000000888. The Morgan fingerprint density at radius 2 is 0.455 bits per heavy atom. The molecule has 2 aromatic rings. The van der Waals surface area contributed by atoms with Crippen molar-refractivity contribution in [2.75, 3.05) is 26.2 Å². The van der Waals surface area contributed by atoms with E-state index >= 15 is 0 Å². The van der Waals surface area contributed by atoms with E-state index in [1.54, 1.807) is 11.1 Å². The number of nitrogens with zero attached hydrogens (tertiary/aromatic N) is 1. The molecule has 0 N–H and O–H groups in total. The number of fused-ring (bicyclic) bond motifs is 1. The monoisotopic (exact) mass is 1070 g/mol. The molecule has 1 nitrogen and oxygen atoms in total. The van der Waals surface area contributed by atoms with Crippen molar-refractivity contribution >= 4 is 10.8 Å². The summed E-state index contributed by atoms with van der Waals surface area (Å²) in [4.78, 5) is 0. The number of quaternary nitrogens is 1. The molecule has 0 aliphatic heterocycles. The first kappa shape index (κ1) is 73.7. The van der Waals surface area contributed by atoms with Crippen LogP contribution in [0.2, 0.25) is 0 Å². The van der Waals surface area contributed by atoms with Crippen LogP contribution in [0.15, 0.2) is 36.4 Å². The lowest BCUT2D eigenvalue weighted by molar-refractivity contribution is -0.929. The Morgan fingerprint density at radius 1 is 0.221 bits per heavy atom. The summed E-state index contributed by atoms with van der Waals surface area (Å²) >= 11 is 0. The number of aryl methyl sites for hydroxylation is 2. The number of hydrogen-bond donors (Lipinski definition) is 0. The second-order valence-corrected chi connectivity index (χ2v) is 25.6. The van der Waals surface area contributed by atoms with Gasteiger partial charge in [0.25, 0.3) is 0 Å². The van der Waals surface area contributed by atoms with E-state index in [0.717, 1.165) is 0 Å². The fourth-order valence-electron chi connectivity index (χ4n) is 12.9. The molecular weight excluding hydrogens is 927 g/mol. The van der Waals surface area contributed by atoms with Gasteiger partial charge in [0.2, 0.25) is 0 Å². The summed E-state index contributed by atoms with van der Waals surface area (Å²) in [5.74, 6) is 0. The summed E-state index contributed by atoms with van der Waals surface area (Å²) in [6.07, 6.45) is 80.8. The molecule has 0 unspecified atom stereocenters. The van der Waals surface area contributed by atoms with Crippen molar-refractivity contribution in [1.82, 2.24) is 0 Å². The first-order chi connectivity index (χ1) is 38.1. The predicted octanol–water partition coefficient (Wildman–Crippen LogP) is 26.9. The van der Waals surface area contributed by atoms with Gasteiger partial charge in [0.05, 0.1) is 26.2 Å². The summed E-state index contributed by atoms with van der Waals surface area (Å²) in [7, 11) is 0. The smallest absolute Gasteiger partial charge is 0.0786 e. The molecule has 77 heavy (non-hydrogen) atoms. The molecule has 2 aromatic carbocycles. The van der Waals surface area contributed by atoms with Gasteiger partial charge in [0, 0.05) is 0 Å². The minimum Gasteiger partial charge on any atom is -0.324 e. The summed E-state index contributed by atoms with van der Waals surface area (Å²) in [6, 6.07) is 13.8. The van der Waals surface area contributed by atoms with Crippen molar-refractivity contribution in [1.29, 1.82) is 0 Å². The van der Waals surface area contributed by atoms with E-state index in [9.17, 15) is 0 Å². The SMILES string of the molecule is CCCCCCCCCCCC[N+](CCCCCCCCCCCC)(CCCCCCCCCCCC)CCCCCCCCCCCC.CCCCCCCCCc1ccc2ccccc2c1CCCCCCCCC. The average molecular weight is 1070 g/mol. The molecule has 0 aromatic heterocycles. The lowest BCUT2D eigenvalue weighted by Gasteiger charge is -2.40. The molecule has 0 spiro atoms. The largest absolute Gasteiger partial charge is 0.324 e. The molecule has 0 heterocycles. The maximum atomic E-state index is 2.43. The normalized spacial score (nSPS) is 11.8. The van der Waals surface area contributed by atoms with E-state index in [0.29, 0.717) is 0 Å². The highest BCUT2D eigenvalue weighted by Gasteiger charge is 2.26. The zero-order valence-electron chi connectivity index (χ0n) is 54.3. The van der Waals surface area contributed by atoms with Gasteiger partial charge in [0.1, 0.15) is 0 Å². The Hall–Kier alpha value is -1.34. The van der Waals surface area contributed by atoms with Gasteiger partial charge in [-0.05, 0) is 98.9 Å². The summed E-state index contributed by atoms with van der Waals surface area (Å²) in [6.45, 7) is 19.9. The quantitative estimate of drug-likeness (QED) is 0.0457. The number of hydrogen-bond acceptors (Lipinski definition) is 0. The summed E-state index contributed by atoms with van der Waals surface area (Å²) < 4.78 is 1.49. The zero-order chi connectivity index (χ0) is 55.5. The Bertz CT molecular complexity index is 1320. The van der Waals surface area contributed by atoms with Gasteiger partial charge in [-0.25, -0.2) is 0 Å². The Kier molecular flexibility index (Phi) is 56.7. The van der Waals surface area contributed by atoms with Gasteiger partial charge >= 0.3 is 0 Å². The molecular formula is C76H144N+. The van der Waals surface area contributed by atoms with Crippen LogP contribution in [-0.4, -0.2) is 30.7 Å². The molecule has 0 saturated heterocycles. The van der Waals surface area contributed by atoms with Gasteiger partial charge in [-0.1, -0.05) is 360 Å². The molecule has 0 aliphatic rings. The van der Waals surface area contributed by atoms with Crippen molar-refractivity contribution in [3.8, 4) is 0 Å². The van der Waals surface area contributed by atoms with E-state index in [2.05, 4.69) is 77.9 Å². The van der Waals surface area contributed by atoms with Crippen LogP contribution in [0, 0.1) is 0 Å². The van der Waals surface area contributed by atoms with E-state index in [1.807, 2.05) is 0 Å². The highest BCUT2D eigenvalue weighted by atomic mass is 15.3. The number of unbranched alkanes of at least 4 members (excludes halogenated alkanes) is 48. The molecule has 0 bridgehead atoms. The lowest BCUT2D eigenvalue weighted by Crippen LogP contribution is -2.50. The van der Waals surface area contributed by atoms with Crippen molar-refractivity contribution in [2.24, 2.45) is 0 Å². The molecule has 0 radical (unpaired) electrons. The van der Waals surface area contributed by atoms with Crippen LogP contribution in [0.4, 0.5) is 0 Å². The second-order valence-electron chi connectivity index (χ2n) is 25.6. The number of rotatable bonds is 60. The second kappa shape index (κ2) is 59.3. The first-order valence-corrected chi connectivity index (χ1v) is 36.5. The van der Waals surface area contributed by atoms with E-state index in [1.165, 1.54) is 401 Å². The molecule has 0 saturated carbocycles. The van der Waals surface area contributed by atoms with Crippen molar-refractivity contribution in [3.05, 3.63) is 47.5 Å². The van der Waals surface area contributed by atoms with Gasteiger partial charge in [-0.2, -0.15) is 0 Å². The fourth-order valence-corrected chi connectivity index (χ4v) is 12.9. The lowest BCUT2D eigenvalue weighted by atomic mass is 9.91.